The van der Waals surface area contributed by atoms with E-state index in [1.165, 1.54) is 0 Å². The summed E-state index contributed by atoms with van der Waals surface area (Å²) in [5, 5.41) is 3.14. The number of hydrogen-bond donors (Lipinski definition) is 2. The number of rotatable bonds is 2. The lowest BCUT2D eigenvalue weighted by Gasteiger charge is -2.41. The highest BCUT2D eigenvalue weighted by atomic mass is 32.2. The van der Waals surface area contributed by atoms with Gasteiger partial charge in [-0.1, -0.05) is 0 Å². The van der Waals surface area contributed by atoms with Gasteiger partial charge in [0.1, 0.15) is 6.04 Å². The van der Waals surface area contributed by atoms with Crippen molar-refractivity contribution in [2.24, 2.45) is 5.73 Å². The molecule has 2 unspecified atom stereocenters. The summed E-state index contributed by atoms with van der Waals surface area (Å²) in [6.07, 6.45) is 0.714. The van der Waals surface area contributed by atoms with E-state index in [4.69, 9.17) is 5.73 Å². The van der Waals surface area contributed by atoms with Crippen molar-refractivity contribution in [2.45, 2.75) is 17.7 Å². The number of amides is 2. The minimum atomic E-state index is -0.386. The van der Waals surface area contributed by atoms with Crippen LogP contribution in [0.15, 0.2) is 0 Å². The molecule has 2 aliphatic heterocycles. The van der Waals surface area contributed by atoms with Gasteiger partial charge in [0.05, 0.1) is 5.25 Å². The number of carbonyl (C=O) groups excluding carboxylic acids is 2. The van der Waals surface area contributed by atoms with Crippen LogP contribution in [0.25, 0.3) is 0 Å². The second-order valence-corrected chi connectivity index (χ2v) is 5.11. The Kier molecular flexibility index (Phi) is 3.16. The lowest BCUT2D eigenvalue weighted by Crippen LogP contribution is -2.60. The van der Waals surface area contributed by atoms with Gasteiger partial charge in [-0.05, 0) is 6.42 Å². The molecule has 0 spiro atoms. The first-order valence-electron chi connectivity index (χ1n) is 5.12. The molecule has 2 rings (SSSR count). The summed E-state index contributed by atoms with van der Waals surface area (Å²) in [4.78, 5) is 24.5. The fourth-order valence-electron chi connectivity index (χ4n) is 1.86. The minimum absolute atomic E-state index is 0.0408. The van der Waals surface area contributed by atoms with Crippen LogP contribution in [0.1, 0.15) is 6.42 Å². The van der Waals surface area contributed by atoms with Crippen molar-refractivity contribution in [1.29, 1.82) is 0 Å². The summed E-state index contributed by atoms with van der Waals surface area (Å²) < 4.78 is 0. The predicted octanol–water partition coefficient (Wildman–Crippen LogP) is -1.22. The molecule has 2 heterocycles. The number of carbonyl (C=O) groups is 2. The molecule has 2 saturated heterocycles. The van der Waals surface area contributed by atoms with Crippen LogP contribution in [0, 0.1) is 0 Å². The maximum atomic E-state index is 12.0. The maximum Gasteiger partial charge on any atom is 0.240 e. The molecule has 0 aromatic rings. The third kappa shape index (κ3) is 2.10. The fraction of sp³-hybridized carbons (Fsp3) is 0.778. The molecule has 6 heteroatoms. The van der Waals surface area contributed by atoms with Gasteiger partial charge in [0.15, 0.2) is 0 Å². The van der Waals surface area contributed by atoms with Crippen LogP contribution < -0.4 is 11.1 Å². The fourth-order valence-corrected chi connectivity index (χ4v) is 2.92. The monoisotopic (exact) mass is 229 g/mol. The van der Waals surface area contributed by atoms with Gasteiger partial charge in [-0.25, -0.2) is 0 Å². The van der Waals surface area contributed by atoms with Crippen LogP contribution in [0.5, 0.6) is 0 Å². The normalized spacial score (nSPS) is 30.8. The summed E-state index contributed by atoms with van der Waals surface area (Å²) in [7, 11) is 0. The zero-order valence-electron chi connectivity index (χ0n) is 8.44. The molecule has 0 aliphatic carbocycles. The first kappa shape index (κ1) is 10.8. The van der Waals surface area contributed by atoms with Gasteiger partial charge in [0.25, 0.3) is 0 Å². The molecular weight excluding hydrogens is 214 g/mol. The van der Waals surface area contributed by atoms with E-state index in [1.807, 2.05) is 0 Å². The predicted molar refractivity (Wildman–Crippen MR) is 58.4 cm³/mol. The molecule has 2 atom stereocenters. The van der Waals surface area contributed by atoms with Crippen LogP contribution in [-0.4, -0.2) is 53.4 Å². The molecule has 15 heavy (non-hydrogen) atoms. The van der Waals surface area contributed by atoms with Gasteiger partial charge in [-0.15, -0.1) is 11.8 Å². The Bertz CT molecular complexity index is 279. The molecule has 0 saturated carbocycles. The van der Waals surface area contributed by atoms with Gasteiger partial charge < -0.3 is 16.0 Å². The molecule has 0 aromatic heterocycles. The molecule has 2 fully saturated rings. The van der Waals surface area contributed by atoms with Crippen LogP contribution >= 0.6 is 11.8 Å². The highest BCUT2D eigenvalue weighted by molar-refractivity contribution is 8.00. The Morgan fingerprint density at radius 2 is 2.27 bits per heavy atom. The highest BCUT2D eigenvalue weighted by Gasteiger charge is 2.39. The summed E-state index contributed by atoms with van der Waals surface area (Å²) in [6.45, 7) is 2.32. The quantitative estimate of drug-likeness (QED) is 0.622. The largest absolute Gasteiger partial charge is 0.368 e. The van der Waals surface area contributed by atoms with Gasteiger partial charge >= 0.3 is 0 Å². The molecule has 0 aromatic carbocycles. The molecule has 2 amide bonds. The van der Waals surface area contributed by atoms with Gasteiger partial charge in [-0.2, -0.15) is 0 Å². The van der Waals surface area contributed by atoms with Crippen LogP contribution in [0.3, 0.4) is 0 Å². The summed E-state index contributed by atoms with van der Waals surface area (Å²) >= 11 is 1.66. The Morgan fingerprint density at radius 3 is 2.73 bits per heavy atom. The highest BCUT2D eigenvalue weighted by Crippen LogP contribution is 2.23. The Labute approximate surface area is 92.7 Å². The summed E-state index contributed by atoms with van der Waals surface area (Å²) in [6, 6.07) is -0.361. The molecule has 3 N–H and O–H groups in total. The number of likely N-dealkylation sites (tertiary alicyclic amines) is 1. The topological polar surface area (TPSA) is 75.4 Å². The van der Waals surface area contributed by atoms with E-state index in [0.29, 0.717) is 19.5 Å². The van der Waals surface area contributed by atoms with E-state index < -0.39 is 0 Å². The molecular formula is C9H15N3O2S. The van der Waals surface area contributed by atoms with E-state index >= 15 is 0 Å². The molecule has 5 nitrogen and oxygen atoms in total. The summed E-state index contributed by atoms with van der Waals surface area (Å²) in [5.41, 5.74) is 5.20. The van der Waals surface area contributed by atoms with Crippen molar-refractivity contribution < 1.29 is 9.59 Å². The van der Waals surface area contributed by atoms with Crippen molar-refractivity contribution in [3.63, 3.8) is 0 Å². The van der Waals surface area contributed by atoms with E-state index in [1.54, 1.807) is 16.7 Å². The maximum absolute atomic E-state index is 12.0. The zero-order chi connectivity index (χ0) is 10.8. The lowest BCUT2D eigenvalue weighted by molar-refractivity contribution is -0.145. The molecule has 84 valence electrons. The average molecular weight is 229 g/mol. The summed E-state index contributed by atoms with van der Waals surface area (Å²) in [5.74, 6) is 0.622. The minimum Gasteiger partial charge on any atom is -0.368 e. The van der Waals surface area contributed by atoms with E-state index in [2.05, 4.69) is 5.32 Å². The Morgan fingerprint density at radius 1 is 1.47 bits per heavy atom. The van der Waals surface area contributed by atoms with Crippen LogP contribution in [-0.2, 0) is 9.59 Å². The van der Waals surface area contributed by atoms with Crippen molar-refractivity contribution in [3.8, 4) is 0 Å². The second kappa shape index (κ2) is 4.40. The third-order valence-corrected chi connectivity index (χ3v) is 4.04. The first-order chi connectivity index (χ1) is 7.20. The van der Waals surface area contributed by atoms with Crippen molar-refractivity contribution in [3.05, 3.63) is 0 Å². The van der Waals surface area contributed by atoms with Crippen LogP contribution in [0.4, 0.5) is 0 Å². The Hall–Kier alpha value is -0.750. The lowest BCUT2D eigenvalue weighted by atomic mass is 10.0. The van der Waals surface area contributed by atoms with Crippen molar-refractivity contribution >= 4 is 23.6 Å². The van der Waals surface area contributed by atoms with Crippen molar-refractivity contribution in [1.82, 2.24) is 10.2 Å². The third-order valence-electron chi connectivity index (χ3n) is 2.83. The average Bonchev–Trinajstić information content (AvgIpc) is 2.16. The molecule has 0 bridgehead atoms. The second-order valence-electron chi connectivity index (χ2n) is 3.80. The number of nitrogens with two attached hydrogens (primary N) is 1. The standard InChI is InChI=1S/C9H15N3O2S/c10-8(13)6-1-3-12(6)9(14)7-5-11-2-4-15-7/h6-7,11H,1-5H2,(H2,10,13). The SMILES string of the molecule is NC(=O)C1CCN1C(=O)C1CNCCS1. The van der Waals surface area contributed by atoms with Gasteiger partial charge in [0.2, 0.25) is 11.8 Å². The zero-order valence-corrected chi connectivity index (χ0v) is 9.26. The first-order valence-corrected chi connectivity index (χ1v) is 6.17. The number of hydrogen-bond acceptors (Lipinski definition) is 4. The van der Waals surface area contributed by atoms with Gasteiger partial charge in [-0.3, -0.25) is 9.59 Å². The smallest absolute Gasteiger partial charge is 0.240 e. The van der Waals surface area contributed by atoms with E-state index in [9.17, 15) is 9.59 Å². The number of nitrogens with one attached hydrogen (secondary N) is 1. The Balaban J connectivity index is 1.92. The molecule has 0 radical (unpaired) electrons. The number of thioether (sulfide) groups is 1. The molecule has 2 aliphatic rings. The van der Waals surface area contributed by atoms with Gasteiger partial charge in [0, 0.05) is 25.4 Å². The van der Waals surface area contributed by atoms with Crippen molar-refractivity contribution in [2.75, 3.05) is 25.4 Å². The number of nitrogens with zero attached hydrogens (tertiary/aromatic N) is 1. The van der Waals surface area contributed by atoms with E-state index in [-0.39, 0.29) is 23.1 Å². The number of primary amides is 1. The van der Waals surface area contributed by atoms with Crippen LogP contribution in [0.2, 0.25) is 0 Å². The van der Waals surface area contributed by atoms with E-state index in [0.717, 1.165) is 12.3 Å².